The van der Waals surface area contributed by atoms with E-state index < -0.39 is 17.3 Å². The summed E-state index contributed by atoms with van der Waals surface area (Å²) >= 11 is 0. The second kappa shape index (κ2) is 10.3. The Morgan fingerprint density at radius 3 is 2.38 bits per heavy atom. The van der Waals surface area contributed by atoms with Crippen LogP contribution in [0.2, 0.25) is 0 Å². The summed E-state index contributed by atoms with van der Waals surface area (Å²) in [6, 6.07) is 21.6. The van der Waals surface area contributed by atoms with E-state index in [9.17, 15) is 15.1 Å². The number of nitrogens with zero attached hydrogens (tertiary/aromatic N) is 2. The van der Waals surface area contributed by atoms with Crippen molar-refractivity contribution >= 4 is 17.3 Å². The Balaban J connectivity index is 1.73. The number of carboxylic acid groups (broad SMARTS) is 1. The molecule has 0 fully saturated rings. The monoisotopic (exact) mass is 452 g/mol. The van der Waals surface area contributed by atoms with Crippen LogP contribution in [-0.2, 0) is 11.2 Å². The number of pyridine rings is 1. The van der Waals surface area contributed by atoms with Gasteiger partial charge in [-0.3, -0.25) is 9.78 Å². The number of aryl methyl sites for hydroxylation is 1. The largest absolute Gasteiger partial charge is 0.481 e. The van der Waals surface area contributed by atoms with Crippen LogP contribution >= 0.6 is 0 Å². The lowest BCUT2D eigenvalue weighted by Gasteiger charge is -2.37. The molecule has 0 saturated carbocycles. The van der Waals surface area contributed by atoms with Gasteiger partial charge in [0.05, 0.1) is 11.1 Å². The molecule has 2 unspecified atom stereocenters. The van der Waals surface area contributed by atoms with Crippen LogP contribution in [0.1, 0.15) is 41.0 Å². The van der Waals surface area contributed by atoms with Crippen molar-refractivity contribution in [1.82, 2.24) is 4.98 Å². The first-order chi connectivity index (χ1) is 16.5. The van der Waals surface area contributed by atoms with E-state index in [0.29, 0.717) is 25.0 Å². The molecule has 34 heavy (non-hydrogen) atoms. The maximum atomic E-state index is 12.9. The highest BCUT2D eigenvalue weighted by atomic mass is 16.4. The predicted molar refractivity (Wildman–Crippen MR) is 134 cm³/mol. The van der Waals surface area contributed by atoms with Gasteiger partial charge in [-0.1, -0.05) is 78.0 Å². The minimum Gasteiger partial charge on any atom is -0.481 e. The van der Waals surface area contributed by atoms with Crippen LogP contribution in [0, 0.1) is 12.3 Å². The lowest BCUT2D eigenvalue weighted by atomic mass is 9.64. The van der Waals surface area contributed by atoms with Gasteiger partial charge in [-0.05, 0) is 59.7 Å². The standard InChI is InChI=1S/C29H28N2O3/c1-21-7-5-6-10-26(21)27(20-25(31-34)19-22-13-17-30-18-14-22)29(28(32)33)15-11-24(12-16-29)23-8-3-2-4-9-23/h2-15,17-18,27,34H,16,19-20H2,1H3,(H,32,33)/b31-25-. The normalized spacial score (nSPS) is 18.9. The lowest BCUT2D eigenvalue weighted by Crippen LogP contribution is -2.38. The van der Waals surface area contributed by atoms with Gasteiger partial charge in [-0.2, -0.15) is 0 Å². The summed E-state index contributed by atoms with van der Waals surface area (Å²) in [6.45, 7) is 1.99. The number of benzene rings is 2. The van der Waals surface area contributed by atoms with Crippen molar-refractivity contribution in [2.24, 2.45) is 10.6 Å². The zero-order valence-electron chi connectivity index (χ0n) is 19.1. The Hall–Kier alpha value is -3.99. The molecule has 0 radical (unpaired) electrons. The average molecular weight is 453 g/mol. The Labute approximate surface area is 199 Å². The van der Waals surface area contributed by atoms with Crippen molar-refractivity contribution in [3.8, 4) is 0 Å². The molecule has 0 saturated heterocycles. The maximum Gasteiger partial charge on any atom is 0.314 e. The molecule has 2 atom stereocenters. The van der Waals surface area contributed by atoms with Gasteiger partial charge in [-0.25, -0.2) is 0 Å². The summed E-state index contributed by atoms with van der Waals surface area (Å²) in [7, 11) is 0. The molecule has 1 aliphatic rings. The Kier molecular flexibility index (Phi) is 7.02. The van der Waals surface area contributed by atoms with E-state index in [1.54, 1.807) is 12.4 Å². The molecular formula is C29H28N2O3. The first-order valence-corrected chi connectivity index (χ1v) is 11.4. The molecule has 2 aromatic carbocycles. The van der Waals surface area contributed by atoms with Gasteiger partial charge >= 0.3 is 5.97 Å². The molecule has 0 amide bonds. The number of aliphatic carboxylic acids is 1. The molecule has 1 aliphatic carbocycles. The maximum absolute atomic E-state index is 12.9. The summed E-state index contributed by atoms with van der Waals surface area (Å²) in [5, 5.41) is 24.0. The van der Waals surface area contributed by atoms with Crippen LogP contribution in [-0.4, -0.2) is 27.0 Å². The van der Waals surface area contributed by atoms with Crippen molar-refractivity contribution in [3.63, 3.8) is 0 Å². The van der Waals surface area contributed by atoms with Crippen molar-refractivity contribution in [3.05, 3.63) is 120 Å². The second-order valence-corrected chi connectivity index (χ2v) is 8.72. The minimum absolute atomic E-state index is 0.314. The van der Waals surface area contributed by atoms with Gasteiger partial charge in [0.1, 0.15) is 0 Å². The smallest absolute Gasteiger partial charge is 0.314 e. The van der Waals surface area contributed by atoms with Gasteiger partial charge in [0, 0.05) is 24.7 Å². The molecule has 2 N–H and O–H groups in total. The lowest BCUT2D eigenvalue weighted by molar-refractivity contribution is -0.147. The van der Waals surface area contributed by atoms with E-state index in [2.05, 4.69) is 10.1 Å². The Morgan fingerprint density at radius 2 is 1.76 bits per heavy atom. The highest BCUT2D eigenvalue weighted by Crippen LogP contribution is 2.47. The van der Waals surface area contributed by atoms with Gasteiger partial charge in [0.2, 0.25) is 0 Å². The fourth-order valence-electron chi connectivity index (χ4n) is 4.73. The third-order valence-corrected chi connectivity index (χ3v) is 6.65. The summed E-state index contributed by atoms with van der Waals surface area (Å²) in [4.78, 5) is 16.9. The van der Waals surface area contributed by atoms with Crippen LogP contribution < -0.4 is 0 Å². The first kappa shape index (κ1) is 23.2. The van der Waals surface area contributed by atoms with E-state index >= 15 is 0 Å². The molecule has 4 rings (SSSR count). The van der Waals surface area contributed by atoms with E-state index in [1.807, 2.05) is 91.9 Å². The number of oxime groups is 1. The Morgan fingerprint density at radius 1 is 1.06 bits per heavy atom. The fourth-order valence-corrected chi connectivity index (χ4v) is 4.73. The summed E-state index contributed by atoms with van der Waals surface area (Å²) < 4.78 is 0. The summed E-state index contributed by atoms with van der Waals surface area (Å²) in [5.74, 6) is -1.30. The molecule has 5 heteroatoms. The van der Waals surface area contributed by atoms with Crippen LogP contribution in [0.25, 0.3) is 5.57 Å². The van der Waals surface area contributed by atoms with Crippen LogP contribution in [0.4, 0.5) is 0 Å². The fraction of sp³-hybridized carbons (Fsp3) is 0.207. The minimum atomic E-state index is -1.17. The zero-order chi connectivity index (χ0) is 24.0. The quantitative estimate of drug-likeness (QED) is 0.248. The third kappa shape index (κ3) is 4.84. The summed E-state index contributed by atoms with van der Waals surface area (Å²) in [6.07, 6.45) is 10.2. The van der Waals surface area contributed by atoms with E-state index in [4.69, 9.17) is 0 Å². The van der Waals surface area contributed by atoms with Crippen molar-refractivity contribution in [1.29, 1.82) is 0 Å². The van der Waals surface area contributed by atoms with E-state index in [0.717, 1.165) is 27.8 Å². The average Bonchev–Trinajstić information content (AvgIpc) is 2.88. The molecule has 172 valence electrons. The predicted octanol–water partition coefficient (Wildman–Crippen LogP) is 6.05. The van der Waals surface area contributed by atoms with Crippen LogP contribution in [0.3, 0.4) is 0 Å². The van der Waals surface area contributed by atoms with Gasteiger partial charge < -0.3 is 10.3 Å². The number of carboxylic acids is 1. The number of allylic oxidation sites excluding steroid dienone is 3. The molecule has 0 aliphatic heterocycles. The SMILES string of the molecule is Cc1ccccc1C(C/C(Cc1ccncc1)=N\O)C1(C(=O)O)C=CC(c2ccccc2)=CC1. The number of rotatable bonds is 8. The number of carbonyl (C=O) groups is 1. The Bertz CT molecular complexity index is 1230. The van der Waals surface area contributed by atoms with Crippen molar-refractivity contribution < 1.29 is 15.1 Å². The molecule has 5 nitrogen and oxygen atoms in total. The third-order valence-electron chi connectivity index (χ3n) is 6.65. The number of aromatic nitrogens is 1. The molecular weight excluding hydrogens is 424 g/mol. The topological polar surface area (TPSA) is 82.8 Å². The van der Waals surface area contributed by atoms with Crippen LogP contribution in [0.15, 0.2) is 103 Å². The van der Waals surface area contributed by atoms with E-state index in [-0.39, 0.29) is 0 Å². The first-order valence-electron chi connectivity index (χ1n) is 11.4. The molecule has 0 bridgehead atoms. The van der Waals surface area contributed by atoms with Crippen molar-refractivity contribution in [2.75, 3.05) is 0 Å². The van der Waals surface area contributed by atoms with E-state index in [1.165, 1.54) is 0 Å². The number of hydrogen-bond donors (Lipinski definition) is 2. The van der Waals surface area contributed by atoms with Gasteiger partial charge in [0.15, 0.2) is 0 Å². The summed E-state index contributed by atoms with van der Waals surface area (Å²) in [5.41, 5.74) is 4.35. The highest BCUT2D eigenvalue weighted by Gasteiger charge is 2.45. The molecule has 3 aromatic rings. The van der Waals surface area contributed by atoms with Crippen molar-refractivity contribution in [2.45, 2.75) is 32.1 Å². The van der Waals surface area contributed by atoms with Crippen LogP contribution in [0.5, 0.6) is 0 Å². The van der Waals surface area contributed by atoms with Gasteiger partial charge in [-0.15, -0.1) is 0 Å². The highest BCUT2D eigenvalue weighted by molar-refractivity contribution is 5.90. The van der Waals surface area contributed by atoms with Gasteiger partial charge in [0.25, 0.3) is 0 Å². The molecule has 1 aromatic heterocycles. The molecule has 1 heterocycles. The zero-order valence-corrected chi connectivity index (χ0v) is 19.1. The molecule has 0 spiro atoms. The second-order valence-electron chi connectivity index (χ2n) is 8.72. The number of hydrogen-bond acceptors (Lipinski definition) is 4.